The highest BCUT2D eigenvalue weighted by Gasteiger charge is 2.22. The Morgan fingerprint density at radius 2 is 2.40 bits per heavy atom. The lowest BCUT2D eigenvalue weighted by Crippen LogP contribution is -2.25. The van der Waals surface area contributed by atoms with Crippen LogP contribution in [0, 0.1) is 0 Å². The first-order chi connectivity index (χ1) is 9.70. The van der Waals surface area contributed by atoms with Gasteiger partial charge in [-0.2, -0.15) is 5.10 Å². The third-order valence-electron chi connectivity index (χ3n) is 4.07. The van der Waals surface area contributed by atoms with E-state index in [0.29, 0.717) is 6.04 Å². The normalized spacial score (nSPS) is 18.2. The maximum atomic E-state index is 6.41. The molecule has 20 heavy (non-hydrogen) atoms. The molecule has 1 aliphatic rings. The van der Waals surface area contributed by atoms with Crippen molar-refractivity contribution in [2.45, 2.75) is 45.2 Å². The zero-order valence-corrected chi connectivity index (χ0v) is 13.5. The smallest absolute Gasteiger partial charge is 0.0863 e. The summed E-state index contributed by atoms with van der Waals surface area (Å²) >= 11 is 8.29. The number of nitrogens with zero attached hydrogens (tertiary/aromatic N) is 2. The molecule has 0 amide bonds. The fraction of sp³-hybridized carbons (Fsp3) is 0.533. The van der Waals surface area contributed by atoms with Crippen molar-refractivity contribution in [3.63, 3.8) is 0 Å². The predicted octanol–water partition coefficient (Wildman–Crippen LogP) is 3.86. The van der Waals surface area contributed by atoms with Gasteiger partial charge in [0, 0.05) is 24.5 Å². The van der Waals surface area contributed by atoms with Crippen molar-refractivity contribution in [1.29, 1.82) is 0 Å². The van der Waals surface area contributed by atoms with E-state index in [2.05, 4.69) is 28.8 Å². The van der Waals surface area contributed by atoms with Gasteiger partial charge in [0.2, 0.25) is 0 Å². The summed E-state index contributed by atoms with van der Waals surface area (Å²) < 4.78 is 1.91. The molecule has 1 aliphatic carbocycles. The number of fused-ring (bicyclic) bond motifs is 1. The first kappa shape index (κ1) is 14.1. The van der Waals surface area contributed by atoms with Crippen LogP contribution in [-0.4, -0.2) is 9.78 Å². The van der Waals surface area contributed by atoms with Gasteiger partial charge in [0.15, 0.2) is 0 Å². The largest absolute Gasteiger partial charge is 0.304 e. The Morgan fingerprint density at radius 3 is 3.15 bits per heavy atom. The number of aromatic nitrogens is 2. The quantitative estimate of drug-likeness (QED) is 0.929. The molecule has 5 heteroatoms. The molecule has 108 valence electrons. The van der Waals surface area contributed by atoms with Crippen LogP contribution in [0.1, 0.15) is 47.6 Å². The lowest BCUT2D eigenvalue weighted by Gasteiger charge is -2.23. The second-order valence-electron chi connectivity index (χ2n) is 5.31. The zero-order valence-electron chi connectivity index (χ0n) is 11.9. The van der Waals surface area contributed by atoms with E-state index in [1.165, 1.54) is 24.8 Å². The number of nitrogens with one attached hydrogen (secondary N) is 1. The fourth-order valence-electron chi connectivity index (χ4n) is 2.93. The second kappa shape index (κ2) is 5.88. The summed E-state index contributed by atoms with van der Waals surface area (Å²) in [4.78, 5) is 1.54. The molecule has 0 radical (unpaired) electrons. The van der Waals surface area contributed by atoms with Gasteiger partial charge >= 0.3 is 0 Å². The maximum absolute atomic E-state index is 6.41. The Bertz CT molecular complexity index is 602. The Hall–Kier alpha value is -0.840. The minimum absolute atomic E-state index is 0.459. The average Bonchev–Trinajstić information content (AvgIpc) is 3.02. The van der Waals surface area contributed by atoms with Crippen LogP contribution >= 0.6 is 22.9 Å². The molecule has 3 nitrogen and oxygen atoms in total. The van der Waals surface area contributed by atoms with Gasteiger partial charge in [0.05, 0.1) is 16.4 Å². The highest BCUT2D eigenvalue weighted by molar-refractivity contribution is 7.10. The van der Waals surface area contributed by atoms with Crippen LogP contribution in [0.3, 0.4) is 0 Å². The van der Waals surface area contributed by atoms with E-state index in [0.717, 1.165) is 29.4 Å². The van der Waals surface area contributed by atoms with Crippen molar-refractivity contribution in [3.05, 3.63) is 38.3 Å². The predicted molar refractivity (Wildman–Crippen MR) is 84.4 cm³/mol. The number of aryl methyl sites for hydroxylation is 3. The molecule has 2 aromatic rings. The van der Waals surface area contributed by atoms with Crippen molar-refractivity contribution < 1.29 is 0 Å². The van der Waals surface area contributed by atoms with Crippen molar-refractivity contribution >= 4 is 22.9 Å². The van der Waals surface area contributed by atoms with Crippen molar-refractivity contribution in [3.8, 4) is 0 Å². The van der Waals surface area contributed by atoms with E-state index in [1.54, 1.807) is 4.88 Å². The van der Waals surface area contributed by atoms with Gasteiger partial charge in [-0.3, -0.25) is 4.68 Å². The summed E-state index contributed by atoms with van der Waals surface area (Å²) in [7, 11) is 1.97. The number of hydrogen-bond donors (Lipinski definition) is 1. The van der Waals surface area contributed by atoms with Crippen molar-refractivity contribution in [1.82, 2.24) is 15.1 Å². The summed E-state index contributed by atoms with van der Waals surface area (Å²) in [5.41, 5.74) is 3.56. The van der Waals surface area contributed by atoms with Crippen LogP contribution < -0.4 is 5.32 Å². The van der Waals surface area contributed by atoms with Crippen molar-refractivity contribution in [2.75, 3.05) is 0 Å². The standard InChI is InChI=1S/C15H20ClN3S/c1-3-11-15(16)13(19(2)18-11)9-17-12-5-4-6-14-10(12)7-8-20-14/h7-8,12,17H,3-6,9H2,1-2H3. The van der Waals surface area contributed by atoms with Crippen LogP contribution in [0.2, 0.25) is 5.02 Å². The van der Waals surface area contributed by atoms with E-state index in [9.17, 15) is 0 Å². The Morgan fingerprint density at radius 1 is 1.55 bits per heavy atom. The van der Waals surface area contributed by atoms with Gasteiger partial charge in [-0.15, -0.1) is 11.3 Å². The third-order valence-corrected chi connectivity index (χ3v) is 5.50. The van der Waals surface area contributed by atoms with Crippen LogP contribution in [-0.2, 0) is 26.4 Å². The Balaban J connectivity index is 1.74. The minimum atomic E-state index is 0.459. The molecule has 0 aliphatic heterocycles. The first-order valence-electron chi connectivity index (χ1n) is 7.20. The van der Waals surface area contributed by atoms with Gasteiger partial charge in [-0.05, 0) is 42.7 Å². The van der Waals surface area contributed by atoms with Crippen LogP contribution in [0.25, 0.3) is 0 Å². The van der Waals surface area contributed by atoms with Gasteiger partial charge in [-0.25, -0.2) is 0 Å². The molecule has 0 saturated carbocycles. The molecular weight excluding hydrogens is 290 g/mol. The highest BCUT2D eigenvalue weighted by Crippen LogP contribution is 2.33. The Kier molecular flexibility index (Phi) is 4.15. The molecule has 0 saturated heterocycles. The SMILES string of the molecule is CCc1nn(C)c(CNC2CCCc3sccc32)c1Cl. The average molecular weight is 310 g/mol. The van der Waals surface area contributed by atoms with Gasteiger partial charge in [0.1, 0.15) is 0 Å². The maximum Gasteiger partial charge on any atom is 0.0863 e. The van der Waals surface area contributed by atoms with E-state index >= 15 is 0 Å². The summed E-state index contributed by atoms with van der Waals surface area (Å²) in [5.74, 6) is 0. The number of halogens is 1. The summed E-state index contributed by atoms with van der Waals surface area (Å²) in [6, 6.07) is 2.72. The van der Waals surface area contributed by atoms with Gasteiger partial charge in [0.25, 0.3) is 0 Å². The number of hydrogen-bond acceptors (Lipinski definition) is 3. The molecule has 3 rings (SSSR count). The molecule has 0 aromatic carbocycles. The van der Waals surface area contributed by atoms with E-state index in [-0.39, 0.29) is 0 Å². The number of rotatable bonds is 4. The van der Waals surface area contributed by atoms with Crippen molar-refractivity contribution in [2.24, 2.45) is 7.05 Å². The summed E-state index contributed by atoms with van der Waals surface area (Å²) in [6.07, 6.45) is 4.59. The lowest BCUT2D eigenvalue weighted by atomic mass is 9.94. The van der Waals surface area contributed by atoms with E-state index in [1.807, 2.05) is 23.1 Å². The van der Waals surface area contributed by atoms with Crippen LogP contribution in [0.15, 0.2) is 11.4 Å². The second-order valence-corrected chi connectivity index (χ2v) is 6.69. The molecule has 0 bridgehead atoms. The summed E-state index contributed by atoms with van der Waals surface area (Å²) in [6.45, 7) is 2.87. The van der Waals surface area contributed by atoms with Gasteiger partial charge < -0.3 is 5.32 Å². The molecular formula is C15H20ClN3S. The summed E-state index contributed by atoms with van der Waals surface area (Å²) in [5, 5.41) is 11.2. The fourth-order valence-corrected chi connectivity index (χ4v) is 4.28. The monoisotopic (exact) mass is 309 g/mol. The van der Waals surface area contributed by atoms with E-state index in [4.69, 9.17) is 11.6 Å². The molecule has 2 heterocycles. The molecule has 0 fully saturated rings. The molecule has 1 atom stereocenters. The lowest BCUT2D eigenvalue weighted by molar-refractivity contribution is 0.454. The highest BCUT2D eigenvalue weighted by atomic mass is 35.5. The Labute approximate surface area is 129 Å². The topological polar surface area (TPSA) is 29.9 Å². The van der Waals surface area contributed by atoms with Crippen LogP contribution in [0.5, 0.6) is 0 Å². The zero-order chi connectivity index (χ0) is 14.1. The minimum Gasteiger partial charge on any atom is -0.304 e. The molecule has 1 unspecified atom stereocenters. The van der Waals surface area contributed by atoms with Gasteiger partial charge in [-0.1, -0.05) is 18.5 Å². The van der Waals surface area contributed by atoms with E-state index < -0.39 is 0 Å². The molecule has 2 aromatic heterocycles. The third kappa shape index (κ3) is 2.52. The first-order valence-corrected chi connectivity index (χ1v) is 8.46. The molecule has 0 spiro atoms. The molecule has 1 N–H and O–H groups in total. The number of thiophene rings is 1. The van der Waals surface area contributed by atoms with Crippen LogP contribution in [0.4, 0.5) is 0 Å².